The maximum Gasteiger partial charge on any atom is 0.152 e. The van der Waals surface area contributed by atoms with E-state index in [0.29, 0.717) is 5.82 Å². The van der Waals surface area contributed by atoms with Crippen molar-refractivity contribution in [2.45, 2.75) is 5.03 Å². The Bertz CT molecular complexity index is 1430. The second kappa shape index (κ2) is 8.22. The number of hydrogen-bond acceptors (Lipinski definition) is 7. The number of aromatic amines is 1. The summed E-state index contributed by atoms with van der Waals surface area (Å²) >= 11 is 2.97. The molecule has 6 nitrogen and oxygen atoms in total. The van der Waals surface area contributed by atoms with Crippen molar-refractivity contribution in [2.24, 2.45) is 0 Å². The third-order valence-electron chi connectivity index (χ3n) is 4.72. The molecule has 150 valence electrons. The van der Waals surface area contributed by atoms with E-state index in [1.807, 2.05) is 42.5 Å². The lowest BCUT2D eigenvalue weighted by Gasteiger charge is -2.03. The molecule has 3 heterocycles. The van der Waals surface area contributed by atoms with Gasteiger partial charge in [-0.15, -0.1) is 11.3 Å². The zero-order valence-corrected chi connectivity index (χ0v) is 17.7. The number of aliphatic hydroxyl groups is 1. The molecule has 0 aliphatic carbocycles. The second-order valence-electron chi connectivity index (χ2n) is 6.70. The average Bonchev–Trinajstić information content (AvgIpc) is 3.43. The number of aromatic nitrogens is 4. The Morgan fingerprint density at radius 2 is 1.90 bits per heavy atom. The van der Waals surface area contributed by atoms with Gasteiger partial charge in [-0.2, -0.15) is 5.26 Å². The van der Waals surface area contributed by atoms with Crippen LogP contribution >= 0.6 is 23.1 Å². The van der Waals surface area contributed by atoms with Crippen LogP contribution in [0.4, 0.5) is 0 Å². The number of imidazole rings is 1. The summed E-state index contributed by atoms with van der Waals surface area (Å²) in [5.74, 6) is 0.510. The van der Waals surface area contributed by atoms with Gasteiger partial charge in [-0.05, 0) is 23.8 Å². The minimum atomic E-state index is -0.0446. The first-order valence-corrected chi connectivity index (χ1v) is 11.2. The fraction of sp³-hybridized carbons (Fsp3) is 0.0435. The third-order valence-corrected chi connectivity index (χ3v) is 6.83. The Labute approximate surface area is 185 Å². The summed E-state index contributed by atoms with van der Waals surface area (Å²) in [6.45, 7) is 0. The zero-order chi connectivity index (χ0) is 21.2. The van der Waals surface area contributed by atoms with E-state index in [4.69, 9.17) is 0 Å². The number of thiophene rings is 1. The number of aliphatic hydroxyl groups excluding tert-OH is 1. The van der Waals surface area contributed by atoms with Gasteiger partial charge in [-0.3, -0.25) is 0 Å². The van der Waals surface area contributed by atoms with Crippen LogP contribution in [0.3, 0.4) is 0 Å². The summed E-state index contributed by atoms with van der Waals surface area (Å²) in [5, 5.41) is 21.9. The number of allylic oxidation sites excluding steroid dienone is 1. The van der Waals surface area contributed by atoms with Crippen LogP contribution in [0.2, 0.25) is 0 Å². The molecule has 5 rings (SSSR count). The molecular weight excluding hydrogens is 426 g/mol. The maximum absolute atomic E-state index is 10.6. The van der Waals surface area contributed by atoms with E-state index in [9.17, 15) is 10.4 Å². The normalized spacial score (nSPS) is 12.1. The van der Waals surface area contributed by atoms with Crippen molar-refractivity contribution < 1.29 is 5.11 Å². The summed E-state index contributed by atoms with van der Waals surface area (Å²) in [5.41, 5.74) is 2.81. The number of nitriles is 1. The first-order chi connectivity index (χ1) is 15.2. The van der Waals surface area contributed by atoms with Gasteiger partial charge in [-0.1, -0.05) is 54.2 Å². The molecule has 0 aliphatic rings. The molecule has 3 aromatic heterocycles. The van der Waals surface area contributed by atoms with E-state index in [0.717, 1.165) is 36.7 Å². The van der Waals surface area contributed by atoms with Crippen LogP contribution in [-0.4, -0.2) is 30.8 Å². The minimum absolute atomic E-state index is 0.0446. The Hall–Kier alpha value is -3.67. The van der Waals surface area contributed by atoms with Crippen molar-refractivity contribution in [3.63, 3.8) is 0 Å². The first kappa shape index (κ1) is 19.3. The summed E-state index contributed by atoms with van der Waals surface area (Å²) in [7, 11) is 0. The first-order valence-electron chi connectivity index (χ1n) is 9.43. The summed E-state index contributed by atoms with van der Waals surface area (Å²) in [4.78, 5) is 18.3. The van der Waals surface area contributed by atoms with E-state index in [1.54, 1.807) is 11.3 Å². The van der Waals surface area contributed by atoms with Crippen molar-refractivity contribution >= 4 is 49.9 Å². The van der Waals surface area contributed by atoms with E-state index >= 15 is 0 Å². The molecule has 2 N–H and O–H groups in total. The highest BCUT2D eigenvalue weighted by Gasteiger charge is 2.15. The van der Waals surface area contributed by atoms with Crippen LogP contribution < -0.4 is 0 Å². The summed E-state index contributed by atoms with van der Waals surface area (Å²) < 4.78 is 0. The van der Waals surface area contributed by atoms with Crippen molar-refractivity contribution in [1.29, 1.82) is 5.26 Å². The predicted octanol–water partition coefficient (Wildman–Crippen LogP) is 5.82. The number of fused-ring (bicyclic) bond motifs is 2. The van der Waals surface area contributed by atoms with Gasteiger partial charge < -0.3 is 10.1 Å². The van der Waals surface area contributed by atoms with Gasteiger partial charge >= 0.3 is 0 Å². The van der Waals surface area contributed by atoms with E-state index in [2.05, 4.69) is 44.2 Å². The number of para-hydroxylation sites is 2. The lowest BCUT2D eigenvalue weighted by Crippen LogP contribution is -1.96. The topological polar surface area (TPSA) is 98.5 Å². The minimum Gasteiger partial charge on any atom is -0.510 e. The van der Waals surface area contributed by atoms with Gasteiger partial charge in [-0.25, -0.2) is 15.0 Å². The number of benzene rings is 2. The van der Waals surface area contributed by atoms with Crippen LogP contribution in [-0.2, 0) is 0 Å². The third kappa shape index (κ3) is 3.77. The molecule has 0 unspecified atom stereocenters. The zero-order valence-electron chi connectivity index (χ0n) is 16.1. The highest BCUT2D eigenvalue weighted by molar-refractivity contribution is 7.99. The molecule has 0 atom stereocenters. The molecule has 0 radical (unpaired) electrons. The quantitative estimate of drug-likeness (QED) is 0.154. The van der Waals surface area contributed by atoms with Crippen molar-refractivity contribution in [1.82, 2.24) is 19.9 Å². The van der Waals surface area contributed by atoms with Crippen molar-refractivity contribution in [2.75, 3.05) is 5.75 Å². The molecule has 31 heavy (non-hydrogen) atoms. The molecule has 0 saturated heterocycles. The standard InChI is InChI=1S/C23H15N5OS2/c24-11-16(21-27-17-8-4-5-9-18(17)28-21)19(29)12-30-22-15-10-20(14-6-2-1-3-7-14)31-23(15)26-13-25-22/h1-10,13,29H,12H2,(H,27,28)/b19-16-. The largest absolute Gasteiger partial charge is 0.510 e. The van der Waals surface area contributed by atoms with Crippen LogP contribution in [0, 0.1) is 11.3 Å². The Morgan fingerprint density at radius 3 is 2.71 bits per heavy atom. The molecule has 0 aliphatic heterocycles. The lowest BCUT2D eigenvalue weighted by molar-refractivity contribution is 0.420. The smallest absolute Gasteiger partial charge is 0.152 e. The summed E-state index contributed by atoms with van der Waals surface area (Å²) in [6, 6.07) is 21.8. The van der Waals surface area contributed by atoms with Gasteiger partial charge in [0.2, 0.25) is 0 Å². The van der Waals surface area contributed by atoms with E-state index < -0.39 is 0 Å². The summed E-state index contributed by atoms with van der Waals surface area (Å²) in [6.07, 6.45) is 1.53. The molecule has 0 amide bonds. The molecular formula is C23H15N5OS2. The Balaban J connectivity index is 1.44. The van der Waals surface area contributed by atoms with Gasteiger partial charge in [0.25, 0.3) is 0 Å². The number of thioether (sulfide) groups is 1. The van der Waals surface area contributed by atoms with Crippen LogP contribution in [0.15, 0.2) is 77.8 Å². The number of rotatable bonds is 5. The molecule has 5 aromatic rings. The lowest BCUT2D eigenvalue weighted by atomic mass is 10.2. The number of H-pyrrole nitrogens is 1. The van der Waals surface area contributed by atoms with E-state index in [1.165, 1.54) is 18.1 Å². The molecule has 0 spiro atoms. The molecule has 0 bridgehead atoms. The monoisotopic (exact) mass is 441 g/mol. The van der Waals surface area contributed by atoms with Gasteiger partial charge in [0, 0.05) is 10.3 Å². The molecule has 2 aromatic carbocycles. The SMILES string of the molecule is N#C/C(=C(/O)CSc1ncnc2sc(-c3ccccc3)cc12)c1nc2ccccc2[nH]1. The fourth-order valence-corrected chi connectivity index (χ4v) is 5.15. The van der Waals surface area contributed by atoms with Crippen LogP contribution in [0.5, 0.6) is 0 Å². The Kier molecular flexibility index (Phi) is 5.12. The van der Waals surface area contributed by atoms with Crippen molar-refractivity contribution in [3.05, 3.63) is 78.6 Å². The Morgan fingerprint density at radius 1 is 1.10 bits per heavy atom. The number of hydrogen-bond donors (Lipinski definition) is 2. The molecule has 0 saturated carbocycles. The van der Waals surface area contributed by atoms with Gasteiger partial charge in [0.05, 0.1) is 16.8 Å². The highest BCUT2D eigenvalue weighted by atomic mass is 32.2. The van der Waals surface area contributed by atoms with Gasteiger partial charge in [0.1, 0.15) is 33.6 Å². The van der Waals surface area contributed by atoms with Crippen LogP contribution in [0.1, 0.15) is 5.82 Å². The maximum atomic E-state index is 10.6. The average molecular weight is 442 g/mol. The second-order valence-corrected chi connectivity index (χ2v) is 8.69. The van der Waals surface area contributed by atoms with Crippen LogP contribution in [0.25, 0.3) is 37.3 Å². The molecule has 8 heteroatoms. The number of nitrogens with zero attached hydrogens (tertiary/aromatic N) is 4. The predicted molar refractivity (Wildman–Crippen MR) is 125 cm³/mol. The highest BCUT2D eigenvalue weighted by Crippen LogP contribution is 2.36. The molecule has 0 fully saturated rings. The number of nitrogens with one attached hydrogen (secondary N) is 1. The van der Waals surface area contributed by atoms with Crippen molar-refractivity contribution in [3.8, 4) is 16.5 Å². The fourth-order valence-electron chi connectivity index (χ4n) is 3.23. The van der Waals surface area contributed by atoms with Gasteiger partial charge in [0.15, 0.2) is 5.82 Å². The van der Waals surface area contributed by atoms with E-state index in [-0.39, 0.29) is 17.1 Å².